The molecule has 0 bridgehead atoms. The Balaban J connectivity index is 0.000000280. The van der Waals surface area contributed by atoms with E-state index in [0.717, 1.165) is 0 Å². The molecule has 6 heteroatoms. The summed E-state index contributed by atoms with van der Waals surface area (Å²) in [7, 11) is -4.67. The predicted octanol–water partition coefficient (Wildman–Crippen LogP) is 0.689. The standard InChI is InChI=1S/2C6H5.Ba.H2O4S/c2*1-2-4-6-5-3-1;;1-5(2,3)4/h2*1-5H;;(H2,1,2,3,4). The zero-order valence-corrected chi connectivity index (χ0v) is 14.9. The van der Waals surface area contributed by atoms with Crippen LogP contribution in [-0.2, 0) is 10.4 Å². The molecule has 0 atom stereocenters. The van der Waals surface area contributed by atoms with Crippen LogP contribution in [0.15, 0.2) is 60.7 Å². The molecule has 0 aliphatic carbocycles. The monoisotopic (exact) mass is 390 g/mol. The van der Waals surface area contributed by atoms with Crippen LogP contribution in [-0.4, -0.2) is 61.7 Å². The van der Waals surface area contributed by atoms with E-state index in [1.165, 1.54) is 0 Å². The predicted molar refractivity (Wildman–Crippen MR) is 72.1 cm³/mol. The van der Waals surface area contributed by atoms with Gasteiger partial charge in [-0.3, -0.25) is 9.11 Å². The van der Waals surface area contributed by atoms with Crippen LogP contribution in [0.4, 0.5) is 0 Å². The van der Waals surface area contributed by atoms with E-state index < -0.39 is 54.6 Å². The van der Waals surface area contributed by atoms with Gasteiger partial charge in [0.05, 0.1) is 0 Å². The second-order valence-electron chi connectivity index (χ2n) is 3.60. The van der Waals surface area contributed by atoms with E-state index in [1.54, 1.807) is 0.0628 Å². The van der Waals surface area contributed by atoms with Crippen molar-refractivity contribution in [3.8, 4) is 0 Å². The quantitative estimate of drug-likeness (QED) is 0.585. The number of rotatable bonds is 2. The Morgan fingerprint density at radius 3 is 1.28 bits per heavy atom. The average Bonchev–Trinajstić information content (AvgIpc) is 2.29. The molecule has 0 radical (unpaired) electrons. The van der Waals surface area contributed by atoms with E-state index in [9.17, 15) is 0 Å². The Morgan fingerprint density at radius 1 is 0.722 bits per heavy atom. The fourth-order valence-electron chi connectivity index (χ4n) is 1.43. The Kier molecular flexibility index (Phi) is 7.20. The summed E-state index contributed by atoms with van der Waals surface area (Å²) in [6, 6.07) is 21.8. The van der Waals surface area contributed by atoms with Crippen molar-refractivity contribution >= 4 is 54.6 Å². The zero-order valence-electron chi connectivity index (χ0n) is 9.60. The Hall–Kier alpha value is -0.119. The van der Waals surface area contributed by atoms with Gasteiger partial charge in [-0.2, -0.15) is 8.42 Å². The van der Waals surface area contributed by atoms with Gasteiger partial charge in [0.25, 0.3) is 0 Å². The van der Waals surface area contributed by atoms with Gasteiger partial charge in [0, 0.05) is 0 Å². The fraction of sp³-hybridized carbons (Fsp3) is 0. The molecule has 2 aromatic carbocycles. The van der Waals surface area contributed by atoms with Crippen molar-refractivity contribution in [3.63, 3.8) is 0 Å². The molecule has 0 aliphatic heterocycles. The van der Waals surface area contributed by atoms with E-state index in [4.69, 9.17) is 17.5 Å². The van der Waals surface area contributed by atoms with Crippen LogP contribution in [0.2, 0.25) is 0 Å². The molecule has 92 valence electrons. The van der Waals surface area contributed by atoms with Crippen LogP contribution in [0, 0.1) is 0 Å². The van der Waals surface area contributed by atoms with Gasteiger partial charge in [-0.25, -0.2) is 0 Å². The minimum atomic E-state index is -4.67. The van der Waals surface area contributed by atoms with Crippen LogP contribution in [0.1, 0.15) is 0 Å². The number of hydrogen-bond acceptors (Lipinski definition) is 2. The fourth-order valence-corrected chi connectivity index (χ4v) is 6.10. The van der Waals surface area contributed by atoms with Crippen molar-refractivity contribution in [1.29, 1.82) is 0 Å². The molecule has 0 heterocycles. The molecule has 0 fully saturated rings. The molecule has 0 saturated heterocycles. The van der Waals surface area contributed by atoms with E-state index in [-0.39, 0.29) is 0 Å². The van der Waals surface area contributed by atoms with Gasteiger partial charge >= 0.3 is 115 Å². The summed E-state index contributed by atoms with van der Waals surface area (Å²) in [5.74, 6) is 0. The van der Waals surface area contributed by atoms with Crippen molar-refractivity contribution in [2.45, 2.75) is 0 Å². The van der Waals surface area contributed by atoms with Gasteiger partial charge in [-0.15, -0.1) is 0 Å². The van der Waals surface area contributed by atoms with Gasteiger partial charge in [0.15, 0.2) is 0 Å². The number of hydrogen-bond donors (Lipinski definition) is 2. The van der Waals surface area contributed by atoms with E-state index >= 15 is 0 Å². The molecule has 0 saturated carbocycles. The van der Waals surface area contributed by atoms with Gasteiger partial charge in [0.1, 0.15) is 0 Å². The summed E-state index contributed by atoms with van der Waals surface area (Å²) in [5.41, 5.74) is 0. The van der Waals surface area contributed by atoms with E-state index in [1.807, 2.05) is 0 Å². The summed E-state index contributed by atoms with van der Waals surface area (Å²) >= 11 is -0.992. The molecule has 0 aliphatic rings. The van der Waals surface area contributed by atoms with Crippen LogP contribution < -0.4 is 0.0628 Å². The first-order chi connectivity index (χ1) is 8.45. The average molecular weight is 390 g/mol. The van der Waals surface area contributed by atoms with Crippen LogP contribution >= 0.6 is 0 Å². The third kappa shape index (κ3) is 8.90. The Labute approximate surface area is 131 Å². The van der Waals surface area contributed by atoms with Crippen LogP contribution in [0.5, 0.6) is 0 Å². The van der Waals surface area contributed by atoms with Crippen molar-refractivity contribution in [2.24, 2.45) is 0 Å². The maximum absolute atomic E-state index is 8.74. The molecule has 4 nitrogen and oxygen atoms in total. The van der Waals surface area contributed by atoms with Gasteiger partial charge < -0.3 is 0 Å². The Morgan fingerprint density at radius 2 is 1.00 bits per heavy atom. The van der Waals surface area contributed by atoms with Crippen molar-refractivity contribution in [3.05, 3.63) is 60.7 Å². The maximum atomic E-state index is 8.74. The van der Waals surface area contributed by atoms with Crippen molar-refractivity contribution < 1.29 is 17.5 Å². The molecule has 2 rings (SSSR count). The number of benzene rings is 2. The van der Waals surface area contributed by atoms with Gasteiger partial charge in [-0.05, 0) is 0 Å². The second-order valence-corrected chi connectivity index (χ2v) is 10.7. The summed E-state index contributed by atoms with van der Waals surface area (Å²) in [6.45, 7) is 0. The molecule has 0 aromatic heterocycles. The summed E-state index contributed by atoms with van der Waals surface area (Å²) < 4.78 is 34.8. The summed E-state index contributed by atoms with van der Waals surface area (Å²) in [5, 5.41) is 0. The second kappa shape index (κ2) is 8.13. The topological polar surface area (TPSA) is 74.6 Å². The molecular weight excluding hydrogens is 378 g/mol. The SMILES string of the molecule is O=S(=O)(O)O.c1cc[c]([Ba][c]2ccccc2)cc1. The molecule has 0 amide bonds. The van der Waals surface area contributed by atoms with Crippen LogP contribution in [0.25, 0.3) is 0 Å². The first-order valence-corrected chi connectivity index (χ1v) is 11.1. The summed E-state index contributed by atoms with van der Waals surface area (Å²) in [6.07, 6.45) is 0. The van der Waals surface area contributed by atoms with E-state index in [0.29, 0.717) is 0 Å². The third-order valence-corrected chi connectivity index (χ3v) is 7.62. The minimum absolute atomic E-state index is 0.992. The Bertz CT molecular complexity index is 510. The molecule has 2 N–H and O–H groups in total. The van der Waals surface area contributed by atoms with E-state index in [2.05, 4.69) is 60.7 Å². The van der Waals surface area contributed by atoms with Gasteiger partial charge in [-0.1, -0.05) is 0 Å². The molecule has 0 spiro atoms. The molecular formula is C12H12BaO4S. The molecule has 0 unspecified atom stereocenters. The van der Waals surface area contributed by atoms with Crippen molar-refractivity contribution in [1.82, 2.24) is 0 Å². The first kappa shape index (κ1) is 15.9. The normalized spacial score (nSPS) is 9.89. The molecule has 2 aromatic rings. The third-order valence-electron chi connectivity index (χ3n) is 2.09. The first-order valence-electron chi connectivity index (χ1n) is 5.23. The zero-order chi connectivity index (χ0) is 13.4. The van der Waals surface area contributed by atoms with Gasteiger partial charge in [0.2, 0.25) is 0 Å². The molecule has 18 heavy (non-hydrogen) atoms. The van der Waals surface area contributed by atoms with Crippen LogP contribution in [0.3, 0.4) is 0 Å². The van der Waals surface area contributed by atoms with Crippen molar-refractivity contribution in [2.75, 3.05) is 0 Å². The summed E-state index contributed by atoms with van der Waals surface area (Å²) in [4.78, 5) is 0.